The zero-order chi connectivity index (χ0) is 17.6. The highest BCUT2D eigenvalue weighted by atomic mass is 16.5. The van der Waals surface area contributed by atoms with Crippen molar-refractivity contribution in [1.29, 1.82) is 0 Å². The molecule has 2 aromatic carbocycles. The van der Waals surface area contributed by atoms with Gasteiger partial charge in [-0.3, -0.25) is 0 Å². The molecular formula is C20H24N2O3. The van der Waals surface area contributed by atoms with Crippen molar-refractivity contribution in [2.24, 2.45) is 0 Å². The molecular weight excluding hydrogens is 316 g/mol. The van der Waals surface area contributed by atoms with Gasteiger partial charge in [0.25, 0.3) is 0 Å². The molecule has 2 N–H and O–H groups in total. The van der Waals surface area contributed by atoms with E-state index in [1.54, 1.807) is 7.11 Å². The SMILES string of the molecule is COc1cccc(C)c1NC(=O)NC[C@@H]1C[C@H](c2ccccc2)CO1. The Bertz CT molecular complexity index is 718. The van der Waals surface area contributed by atoms with E-state index in [9.17, 15) is 4.79 Å². The molecule has 2 aromatic rings. The summed E-state index contributed by atoms with van der Waals surface area (Å²) in [6, 6.07) is 15.8. The topological polar surface area (TPSA) is 59.6 Å². The second kappa shape index (κ2) is 8.03. The number of urea groups is 1. The number of ether oxygens (including phenoxy) is 2. The Hall–Kier alpha value is -2.53. The van der Waals surface area contributed by atoms with Crippen LogP contribution in [-0.4, -0.2) is 32.4 Å². The van der Waals surface area contributed by atoms with E-state index in [1.807, 2.05) is 43.3 Å². The Morgan fingerprint density at radius 1 is 1.20 bits per heavy atom. The monoisotopic (exact) mass is 340 g/mol. The van der Waals surface area contributed by atoms with Crippen molar-refractivity contribution >= 4 is 11.7 Å². The normalized spacial score (nSPS) is 19.4. The van der Waals surface area contributed by atoms with Gasteiger partial charge >= 0.3 is 6.03 Å². The van der Waals surface area contributed by atoms with Crippen LogP contribution in [0.1, 0.15) is 23.5 Å². The number of methoxy groups -OCH3 is 1. The number of nitrogens with one attached hydrogen (secondary N) is 2. The molecule has 0 aromatic heterocycles. The molecule has 1 heterocycles. The maximum Gasteiger partial charge on any atom is 0.319 e. The fraction of sp³-hybridized carbons (Fsp3) is 0.350. The number of hydrogen-bond donors (Lipinski definition) is 2. The van der Waals surface area contributed by atoms with Gasteiger partial charge in [0.2, 0.25) is 0 Å². The fourth-order valence-corrected chi connectivity index (χ4v) is 3.14. The molecule has 1 aliphatic heterocycles. The van der Waals surface area contributed by atoms with E-state index < -0.39 is 0 Å². The Morgan fingerprint density at radius 3 is 2.76 bits per heavy atom. The van der Waals surface area contributed by atoms with Gasteiger partial charge in [0, 0.05) is 12.5 Å². The van der Waals surface area contributed by atoms with E-state index >= 15 is 0 Å². The van der Waals surface area contributed by atoms with Crippen LogP contribution in [0.25, 0.3) is 0 Å². The van der Waals surface area contributed by atoms with Gasteiger partial charge in [-0.15, -0.1) is 0 Å². The molecule has 132 valence electrons. The minimum atomic E-state index is -0.251. The first-order valence-electron chi connectivity index (χ1n) is 8.52. The second-order valence-corrected chi connectivity index (χ2v) is 6.29. The van der Waals surface area contributed by atoms with Crippen molar-refractivity contribution in [3.05, 3.63) is 59.7 Å². The summed E-state index contributed by atoms with van der Waals surface area (Å²) in [4.78, 5) is 12.2. The number of carbonyl (C=O) groups is 1. The van der Waals surface area contributed by atoms with Crippen LogP contribution in [0.15, 0.2) is 48.5 Å². The lowest BCUT2D eigenvalue weighted by molar-refractivity contribution is 0.110. The standard InChI is InChI=1S/C20H24N2O3/c1-14-7-6-10-18(24-2)19(14)22-20(23)21-12-17-11-16(13-25-17)15-8-4-3-5-9-15/h3-10,16-17H,11-13H2,1-2H3,(H2,21,22,23)/t16-,17-/m0/s1. The largest absolute Gasteiger partial charge is 0.495 e. The number of para-hydroxylation sites is 1. The molecule has 2 amide bonds. The quantitative estimate of drug-likeness (QED) is 0.872. The summed E-state index contributed by atoms with van der Waals surface area (Å²) >= 11 is 0. The molecule has 0 bridgehead atoms. The molecule has 0 spiro atoms. The summed E-state index contributed by atoms with van der Waals surface area (Å²) in [5, 5.41) is 5.76. The van der Waals surface area contributed by atoms with E-state index in [2.05, 4.69) is 22.8 Å². The number of carbonyl (C=O) groups excluding carboxylic acids is 1. The van der Waals surface area contributed by atoms with E-state index in [1.165, 1.54) is 5.56 Å². The third kappa shape index (κ3) is 4.31. The van der Waals surface area contributed by atoms with Crippen molar-refractivity contribution in [1.82, 2.24) is 5.32 Å². The summed E-state index contributed by atoms with van der Waals surface area (Å²) in [6.45, 7) is 3.12. The van der Waals surface area contributed by atoms with Crippen LogP contribution in [0.3, 0.4) is 0 Å². The molecule has 2 atom stereocenters. The Morgan fingerprint density at radius 2 is 2.00 bits per heavy atom. The average molecular weight is 340 g/mol. The first kappa shape index (κ1) is 17.3. The molecule has 3 rings (SSSR count). The fourth-order valence-electron chi connectivity index (χ4n) is 3.14. The number of hydrogen-bond acceptors (Lipinski definition) is 3. The first-order chi connectivity index (χ1) is 12.2. The smallest absolute Gasteiger partial charge is 0.319 e. The van der Waals surface area contributed by atoms with Crippen LogP contribution >= 0.6 is 0 Å². The van der Waals surface area contributed by atoms with E-state index in [4.69, 9.17) is 9.47 Å². The van der Waals surface area contributed by atoms with E-state index in [-0.39, 0.29) is 12.1 Å². The highest BCUT2D eigenvalue weighted by Gasteiger charge is 2.26. The highest BCUT2D eigenvalue weighted by Crippen LogP contribution is 2.29. The Labute approximate surface area is 148 Å². The van der Waals surface area contributed by atoms with Gasteiger partial charge in [-0.1, -0.05) is 42.5 Å². The predicted octanol–water partition coefficient (Wildman–Crippen LogP) is 3.70. The Balaban J connectivity index is 1.50. The zero-order valence-corrected chi connectivity index (χ0v) is 14.6. The molecule has 5 nitrogen and oxygen atoms in total. The van der Waals surface area contributed by atoms with Crippen molar-refractivity contribution in [2.45, 2.75) is 25.4 Å². The molecule has 1 saturated heterocycles. The van der Waals surface area contributed by atoms with Crippen LogP contribution in [0.4, 0.5) is 10.5 Å². The molecule has 5 heteroatoms. The van der Waals surface area contributed by atoms with Gasteiger partial charge in [-0.05, 0) is 30.5 Å². The number of anilines is 1. The van der Waals surface area contributed by atoms with Crippen molar-refractivity contribution in [3.63, 3.8) is 0 Å². The predicted molar refractivity (Wildman–Crippen MR) is 98.3 cm³/mol. The molecule has 1 fully saturated rings. The molecule has 0 aliphatic carbocycles. The van der Waals surface area contributed by atoms with Gasteiger partial charge in [0.15, 0.2) is 0 Å². The number of aryl methyl sites for hydroxylation is 1. The molecule has 0 unspecified atom stereocenters. The second-order valence-electron chi connectivity index (χ2n) is 6.29. The van der Waals surface area contributed by atoms with Crippen LogP contribution in [0.5, 0.6) is 5.75 Å². The number of benzene rings is 2. The van der Waals surface area contributed by atoms with Crippen LogP contribution in [-0.2, 0) is 4.74 Å². The molecule has 25 heavy (non-hydrogen) atoms. The number of rotatable bonds is 5. The zero-order valence-electron chi connectivity index (χ0n) is 14.6. The minimum Gasteiger partial charge on any atom is -0.495 e. The lowest BCUT2D eigenvalue weighted by atomic mass is 9.96. The van der Waals surface area contributed by atoms with Gasteiger partial charge < -0.3 is 20.1 Å². The van der Waals surface area contributed by atoms with Crippen LogP contribution < -0.4 is 15.4 Å². The maximum absolute atomic E-state index is 12.2. The third-order valence-corrected chi connectivity index (χ3v) is 4.53. The highest BCUT2D eigenvalue weighted by molar-refractivity contribution is 5.91. The van der Waals surface area contributed by atoms with Gasteiger partial charge in [0.05, 0.1) is 25.5 Å². The average Bonchev–Trinajstić information content (AvgIpc) is 3.11. The molecule has 1 aliphatic rings. The summed E-state index contributed by atoms with van der Waals surface area (Å²) in [5.74, 6) is 1.05. The maximum atomic E-state index is 12.2. The van der Waals surface area contributed by atoms with Crippen LogP contribution in [0.2, 0.25) is 0 Å². The van der Waals surface area contributed by atoms with Gasteiger partial charge in [-0.2, -0.15) is 0 Å². The molecule has 0 radical (unpaired) electrons. The van der Waals surface area contributed by atoms with Gasteiger partial charge in [0.1, 0.15) is 5.75 Å². The lowest BCUT2D eigenvalue weighted by Crippen LogP contribution is -2.35. The number of amides is 2. The van der Waals surface area contributed by atoms with Crippen molar-refractivity contribution in [3.8, 4) is 5.75 Å². The van der Waals surface area contributed by atoms with Crippen LogP contribution in [0, 0.1) is 6.92 Å². The van der Waals surface area contributed by atoms with E-state index in [0.29, 0.717) is 30.5 Å². The summed E-state index contributed by atoms with van der Waals surface area (Å²) < 4.78 is 11.1. The summed E-state index contributed by atoms with van der Waals surface area (Å²) in [5.41, 5.74) is 2.94. The third-order valence-electron chi connectivity index (χ3n) is 4.53. The molecule has 0 saturated carbocycles. The van der Waals surface area contributed by atoms with Crippen molar-refractivity contribution < 1.29 is 14.3 Å². The summed E-state index contributed by atoms with van der Waals surface area (Å²) in [7, 11) is 1.59. The lowest BCUT2D eigenvalue weighted by Gasteiger charge is -2.15. The van der Waals surface area contributed by atoms with E-state index in [0.717, 1.165) is 12.0 Å². The van der Waals surface area contributed by atoms with Crippen molar-refractivity contribution in [2.75, 3.05) is 25.6 Å². The van der Waals surface area contributed by atoms with Gasteiger partial charge in [-0.25, -0.2) is 4.79 Å². The first-order valence-corrected chi connectivity index (χ1v) is 8.52. The Kier molecular flexibility index (Phi) is 5.56. The summed E-state index contributed by atoms with van der Waals surface area (Å²) in [6.07, 6.45) is 0.951. The minimum absolute atomic E-state index is 0.0368.